The second-order valence-electron chi connectivity index (χ2n) is 8.90. The van der Waals surface area contributed by atoms with Crippen molar-refractivity contribution in [3.8, 4) is 17.2 Å². The molecule has 0 saturated carbocycles. The molecule has 2 aliphatic heterocycles. The maximum Gasteiger partial charge on any atom is 0.308 e. The van der Waals surface area contributed by atoms with Crippen LogP contribution in [0.1, 0.15) is 57.6 Å². The molecule has 0 bridgehead atoms. The average Bonchev–Trinajstić information content (AvgIpc) is 2.67. The second-order valence-corrected chi connectivity index (χ2v) is 9.31. The van der Waals surface area contributed by atoms with Gasteiger partial charge >= 0.3 is 11.9 Å². The first-order chi connectivity index (χ1) is 15.1. The summed E-state index contributed by atoms with van der Waals surface area (Å²) in [6.45, 7) is 6.70. The summed E-state index contributed by atoms with van der Waals surface area (Å²) in [7, 11) is 0. The van der Waals surface area contributed by atoms with Crippen LogP contribution in [0.15, 0.2) is 42.5 Å². The van der Waals surface area contributed by atoms with Gasteiger partial charge in [-0.05, 0) is 37.7 Å². The number of nitrogens with one attached hydrogen (secondary N) is 2. The standard InChI is InChI=1S/C24H26N2O5S/c1-14(27)29-19-11-10-17-18(16-8-6-5-7-9-16)12-24(13-23(3,4)25-22(32)26-24)31-20(17)21(19)30-15(2)28/h5-11,18H,12-13H2,1-4H3,(H2,25,26,32)/t18-,24-/m1/s1. The van der Waals surface area contributed by atoms with Gasteiger partial charge in [0.1, 0.15) is 0 Å². The highest BCUT2D eigenvalue weighted by Crippen LogP contribution is 2.53. The van der Waals surface area contributed by atoms with Crippen molar-refractivity contribution in [2.75, 3.05) is 0 Å². The van der Waals surface area contributed by atoms with Gasteiger partial charge in [0.15, 0.2) is 22.3 Å². The summed E-state index contributed by atoms with van der Waals surface area (Å²) in [5.41, 5.74) is 0.770. The molecule has 1 fully saturated rings. The number of carbonyl (C=O) groups excluding carboxylic acids is 2. The van der Waals surface area contributed by atoms with E-state index in [1.807, 2.05) is 24.3 Å². The zero-order valence-corrected chi connectivity index (χ0v) is 19.3. The molecule has 2 N–H and O–H groups in total. The van der Waals surface area contributed by atoms with Crippen molar-refractivity contribution < 1.29 is 23.8 Å². The van der Waals surface area contributed by atoms with E-state index in [1.165, 1.54) is 13.8 Å². The molecule has 1 saturated heterocycles. The number of fused-ring (bicyclic) bond motifs is 1. The fourth-order valence-corrected chi connectivity index (χ4v) is 5.07. The van der Waals surface area contributed by atoms with E-state index < -0.39 is 17.7 Å². The first-order valence-electron chi connectivity index (χ1n) is 10.5. The topological polar surface area (TPSA) is 85.9 Å². The Morgan fingerprint density at radius 2 is 1.72 bits per heavy atom. The van der Waals surface area contributed by atoms with Crippen LogP contribution in [0.4, 0.5) is 0 Å². The third-order valence-corrected chi connectivity index (χ3v) is 5.74. The highest BCUT2D eigenvalue weighted by atomic mass is 32.1. The van der Waals surface area contributed by atoms with Crippen molar-refractivity contribution in [1.82, 2.24) is 10.6 Å². The van der Waals surface area contributed by atoms with Gasteiger partial charge in [-0.2, -0.15) is 0 Å². The molecule has 0 aliphatic carbocycles. The lowest BCUT2D eigenvalue weighted by Gasteiger charge is -2.50. The van der Waals surface area contributed by atoms with Crippen molar-refractivity contribution in [2.45, 2.75) is 57.7 Å². The van der Waals surface area contributed by atoms with Crippen LogP contribution >= 0.6 is 12.2 Å². The van der Waals surface area contributed by atoms with Gasteiger partial charge in [-0.25, -0.2) is 0 Å². The third kappa shape index (κ3) is 4.41. The highest BCUT2D eigenvalue weighted by molar-refractivity contribution is 7.80. The molecule has 0 radical (unpaired) electrons. The molecule has 2 aliphatic rings. The number of rotatable bonds is 3. The van der Waals surface area contributed by atoms with E-state index in [2.05, 4.69) is 36.6 Å². The molecule has 2 atom stereocenters. The van der Waals surface area contributed by atoms with Crippen molar-refractivity contribution >= 4 is 29.3 Å². The van der Waals surface area contributed by atoms with E-state index in [0.717, 1.165) is 11.1 Å². The van der Waals surface area contributed by atoms with Crippen LogP contribution in [0.25, 0.3) is 0 Å². The van der Waals surface area contributed by atoms with Crippen LogP contribution in [0.3, 0.4) is 0 Å². The van der Waals surface area contributed by atoms with Crippen LogP contribution in [-0.2, 0) is 9.59 Å². The Morgan fingerprint density at radius 1 is 1.03 bits per heavy atom. The smallest absolute Gasteiger partial charge is 0.308 e. The molecule has 168 valence electrons. The Morgan fingerprint density at radius 3 is 2.34 bits per heavy atom. The van der Waals surface area contributed by atoms with Crippen molar-refractivity contribution in [3.05, 3.63) is 53.6 Å². The van der Waals surface area contributed by atoms with Crippen molar-refractivity contribution in [3.63, 3.8) is 0 Å². The largest absolute Gasteiger partial charge is 0.464 e. The first-order valence-corrected chi connectivity index (χ1v) is 10.9. The van der Waals surface area contributed by atoms with Crippen molar-refractivity contribution in [1.29, 1.82) is 0 Å². The van der Waals surface area contributed by atoms with Crippen LogP contribution in [0.2, 0.25) is 0 Å². The Kier molecular flexibility index (Phi) is 5.58. The predicted molar refractivity (Wildman–Crippen MR) is 123 cm³/mol. The summed E-state index contributed by atoms with van der Waals surface area (Å²) < 4.78 is 17.4. The van der Waals surface area contributed by atoms with E-state index in [4.69, 9.17) is 26.4 Å². The maximum atomic E-state index is 11.9. The summed E-state index contributed by atoms with van der Waals surface area (Å²) in [5.74, 6) is -0.538. The van der Waals surface area contributed by atoms with Gasteiger partial charge < -0.3 is 24.8 Å². The molecule has 2 aromatic rings. The fraction of sp³-hybridized carbons (Fsp3) is 0.375. The molecular formula is C24H26N2O5S. The highest BCUT2D eigenvalue weighted by Gasteiger charge is 2.50. The van der Waals surface area contributed by atoms with Crippen LogP contribution < -0.4 is 24.8 Å². The predicted octanol–water partition coefficient (Wildman–Crippen LogP) is 3.79. The summed E-state index contributed by atoms with van der Waals surface area (Å²) in [4.78, 5) is 23.6. The normalized spacial score (nSPS) is 23.2. The Bertz CT molecular complexity index is 1090. The minimum atomic E-state index is -0.844. The van der Waals surface area contributed by atoms with Crippen LogP contribution in [0.5, 0.6) is 17.2 Å². The molecule has 0 unspecified atom stereocenters. The maximum absolute atomic E-state index is 11.9. The minimum absolute atomic E-state index is 0.0650. The summed E-state index contributed by atoms with van der Waals surface area (Å²) in [5, 5.41) is 7.08. The van der Waals surface area contributed by atoms with E-state index in [9.17, 15) is 9.59 Å². The lowest BCUT2D eigenvalue weighted by atomic mass is 9.77. The number of carbonyl (C=O) groups is 2. The number of hydrogen-bond acceptors (Lipinski definition) is 6. The third-order valence-electron chi connectivity index (χ3n) is 5.54. The molecule has 4 rings (SSSR count). The van der Waals surface area contributed by atoms with E-state index in [1.54, 1.807) is 6.07 Å². The van der Waals surface area contributed by atoms with Gasteiger partial charge in [0.25, 0.3) is 0 Å². The van der Waals surface area contributed by atoms with Gasteiger partial charge in [0, 0.05) is 43.7 Å². The SMILES string of the molecule is CC(=O)Oc1ccc2c(c1OC(C)=O)O[C@]1(C[C@@H]2c2ccccc2)CC(C)(C)NC(=S)N1. The lowest BCUT2D eigenvalue weighted by Crippen LogP contribution is -2.69. The zero-order valence-electron chi connectivity index (χ0n) is 18.5. The molecule has 8 heteroatoms. The minimum Gasteiger partial charge on any atom is -0.464 e. The molecule has 1 spiro atoms. The van der Waals surface area contributed by atoms with E-state index in [0.29, 0.717) is 23.7 Å². The molecule has 2 heterocycles. The molecule has 32 heavy (non-hydrogen) atoms. The number of hydrogen-bond donors (Lipinski definition) is 2. The zero-order chi connectivity index (χ0) is 23.1. The summed E-state index contributed by atoms with van der Waals surface area (Å²) in [6, 6.07) is 13.6. The van der Waals surface area contributed by atoms with E-state index in [-0.39, 0.29) is 23.0 Å². The summed E-state index contributed by atoms with van der Waals surface area (Å²) in [6.07, 6.45) is 1.21. The van der Waals surface area contributed by atoms with Gasteiger partial charge in [0.05, 0.1) is 0 Å². The van der Waals surface area contributed by atoms with Crippen LogP contribution in [-0.4, -0.2) is 28.3 Å². The Labute approximate surface area is 192 Å². The average molecular weight is 455 g/mol. The van der Waals surface area contributed by atoms with Gasteiger partial charge in [-0.3, -0.25) is 9.59 Å². The lowest BCUT2D eigenvalue weighted by molar-refractivity contribution is -0.135. The molecule has 0 amide bonds. The molecular weight excluding hydrogens is 428 g/mol. The van der Waals surface area contributed by atoms with Gasteiger partial charge in [0.2, 0.25) is 5.75 Å². The molecule has 0 aromatic heterocycles. The Hall–Kier alpha value is -3.13. The number of ether oxygens (including phenoxy) is 3. The van der Waals surface area contributed by atoms with Crippen molar-refractivity contribution in [2.24, 2.45) is 0 Å². The Balaban J connectivity index is 1.91. The monoisotopic (exact) mass is 454 g/mol. The second kappa shape index (κ2) is 8.09. The number of esters is 2. The van der Waals surface area contributed by atoms with Gasteiger partial charge in [-0.15, -0.1) is 0 Å². The van der Waals surface area contributed by atoms with E-state index >= 15 is 0 Å². The van der Waals surface area contributed by atoms with Gasteiger partial charge in [-0.1, -0.05) is 36.4 Å². The molecule has 7 nitrogen and oxygen atoms in total. The first kappa shape index (κ1) is 22.1. The number of benzene rings is 2. The number of thiocarbonyl (C=S) groups is 1. The van der Waals surface area contributed by atoms with Crippen LogP contribution in [0, 0.1) is 0 Å². The molecule has 2 aromatic carbocycles. The quantitative estimate of drug-likeness (QED) is 0.412. The fourth-order valence-electron chi connectivity index (χ4n) is 4.61. The summed E-state index contributed by atoms with van der Waals surface area (Å²) >= 11 is 5.49.